The maximum Gasteiger partial charge on any atom is 0.0503 e. The van der Waals surface area contributed by atoms with E-state index in [9.17, 15) is 0 Å². The van der Waals surface area contributed by atoms with Crippen LogP contribution in [0.15, 0.2) is 12.1 Å². The standard InChI is InChI=1S/C12H14ClNO/c1-7-11(13)4-3-10-9(5-6-15)8(2)14-12(7)10/h3-4,14-15H,5-6H2,1-2H3. The molecule has 0 aliphatic heterocycles. The Hall–Kier alpha value is -0.990. The first-order valence-corrected chi connectivity index (χ1v) is 5.40. The lowest BCUT2D eigenvalue weighted by Crippen LogP contribution is -1.91. The van der Waals surface area contributed by atoms with Crippen LogP contribution >= 0.6 is 11.6 Å². The summed E-state index contributed by atoms with van der Waals surface area (Å²) >= 11 is 6.06. The van der Waals surface area contributed by atoms with Gasteiger partial charge in [-0.3, -0.25) is 0 Å². The molecule has 1 heterocycles. The Morgan fingerprint density at radius 2 is 2.07 bits per heavy atom. The molecule has 80 valence electrons. The van der Waals surface area contributed by atoms with E-state index in [1.54, 1.807) is 0 Å². The van der Waals surface area contributed by atoms with Crippen molar-refractivity contribution in [2.45, 2.75) is 20.3 Å². The summed E-state index contributed by atoms with van der Waals surface area (Å²) in [5.74, 6) is 0. The van der Waals surface area contributed by atoms with E-state index in [-0.39, 0.29) is 6.61 Å². The molecular formula is C12H14ClNO. The fraction of sp³-hybridized carbons (Fsp3) is 0.333. The summed E-state index contributed by atoms with van der Waals surface area (Å²) in [7, 11) is 0. The van der Waals surface area contributed by atoms with Crippen molar-refractivity contribution in [3.63, 3.8) is 0 Å². The van der Waals surface area contributed by atoms with Gasteiger partial charge in [0.05, 0.1) is 5.52 Å². The van der Waals surface area contributed by atoms with Crippen LogP contribution in [0.1, 0.15) is 16.8 Å². The van der Waals surface area contributed by atoms with Crippen molar-refractivity contribution in [2.75, 3.05) is 6.61 Å². The minimum atomic E-state index is 0.176. The van der Waals surface area contributed by atoms with E-state index in [0.29, 0.717) is 6.42 Å². The highest BCUT2D eigenvalue weighted by atomic mass is 35.5. The Balaban J connectivity index is 2.73. The van der Waals surface area contributed by atoms with Gasteiger partial charge in [-0.2, -0.15) is 0 Å². The summed E-state index contributed by atoms with van der Waals surface area (Å²) < 4.78 is 0. The zero-order chi connectivity index (χ0) is 11.0. The van der Waals surface area contributed by atoms with Crippen molar-refractivity contribution in [3.05, 3.63) is 34.0 Å². The lowest BCUT2D eigenvalue weighted by atomic mass is 10.1. The second kappa shape index (κ2) is 3.87. The van der Waals surface area contributed by atoms with Crippen LogP contribution in [0, 0.1) is 13.8 Å². The number of halogens is 1. The van der Waals surface area contributed by atoms with Crippen molar-refractivity contribution in [1.29, 1.82) is 0 Å². The quantitative estimate of drug-likeness (QED) is 0.807. The van der Waals surface area contributed by atoms with Crippen LogP contribution in [0.5, 0.6) is 0 Å². The van der Waals surface area contributed by atoms with Crippen molar-refractivity contribution in [1.82, 2.24) is 4.98 Å². The van der Waals surface area contributed by atoms with Gasteiger partial charge in [0, 0.05) is 22.7 Å². The predicted molar refractivity (Wildman–Crippen MR) is 63.6 cm³/mol. The van der Waals surface area contributed by atoms with Gasteiger partial charge in [-0.15, -0.1) is 0 Å². The molecule has 0 bridgehead atoms. The van der Waals surface area contributed by atoms with Crippen LogP contribution in [0.4, 0.5) is 0 Å². The molecule has 3 heteroatoms. The molecule has 0 amide bonds. The molecule has 15 heavy (non-hydrogen) atoms. The lowest BCUT2D eigenvalue weighted by Gasteiger charge is -2.00. The zero-order valence-electron chi connectivity index (χ0n) is 8.89. The fourth-order valence-corrected chi connectivity index (χ4v) is 2.16. The number of H-pyrrole nitrogens is 1. The average molecular weight is 224 g/mol. The molecule has 0 aliphatic rings. The molecule has 0 spiro atoms. The third-order valence-corrected chi connectivity index (χ3v) is 3.26. The molecule has 2 nitrogen and oxygen atoms in total. The van der Waals surface area contributed by atoms with Crippen LogP contribution in [-0.4, -0.2) is 16.7 Å². The Morgan fingerprint density at radius 3 is 2.73 bits per heavy atom. The number of aryl methyl sites for hydroxylation is 2. The molecule has 1 aromatic heterocycles. The third-order valence-electron chi connectivity index (χ3n) is 2.85. The summed E-state index contributed by atoms with van der Waals surface area (Å²) in [5, 5.41) is 11.0. The van der Waals surface area contributed by atoms with Crippen molar-refractivity contribution >= 4 is 22.5 Å². The minimum absolute atomic E-state index is 0.176. The first kappa shape index (κ1) is 10.5. The Labute approximate surface area is 93.9 Å². The number of fused-ring (bicyclic) bond motifs is 1. The van der Waals surface area contributed by atoms with Gasteiger partial charge in [0.15, 0.2) is 0 Å². The van der Waals surface area contributed by atoms with Gasteiger partial charge in [-0.05, 0) is 37.5 Å². The number of aliphatic hydroxyl groups is 1. The van der Waals surface area contributed by atoms with Crippen LogP contribution in [-0.2, 0) is 6.42 Å². The van der Waals surface area contributed by atoms with Gasteiger partial charge in [-0.25, -0.2) is 0 Å². The van der Waals surface area contributed by atoms with E-state index in [4.69, 9.17) is 16.7 Å². The maximum atomic E-state index is 9.01. The van der Waals surface area contributed by atoms with E-state index < -0.39 is 0 Å². The van der Waals surface area contributed by atoms with E-state index in [2.05, 4.69) is 4.98 Å². The topological polar surface area (TPSA) is 36.0 Å². The predicted octanol–water partition coefficient (Wildman–Crippen LogP) is 2.97. The normalized spacial score (nSPS) is 11.2. The number of aromatic amines is 1. The summed E-state index contributed by atoms with van der Waals surface area (Å²) in [6, 6.07) is 3.92. The number of rotatable bonds is 2. The molecule has 2 aromatic rings. The van der Waals surface area contributed by atoms with Gasteiger partial charge in [0.2, 0.25) is 0 Å². The second-order valence-electron chi connectivity index (χ2n) is 3.80. The molecule has 0 saturated carbocycles. The van der Waals surface area contributed by atoms with Crippen LogP contribution < -0.4 is 0 Å². The van der Waals surface area contributed by atoms with E-state index in [1.165, 1.54) is 10.9 Å². The van der Waals surface area contributed by atoms with Crippen molar-refractivity contribution < 1.29 is 5.11 Å². The summed E-state index contributed by atoms with van der Waals surface area (Å²) in [6.45, 7) is 4.21. The maximum absolute atomic E-state index is 9.01. The molecule has 0 atom stereocenters. The highest BCUT2D eigenvalue weighted by molar-refractivity contribution is 6.32. The smallest absolute Gasteiger partial charge is 0.0503 e. The number of aliphatic hydroxyl groups excluding tert-OH is 1. The molecule has 0 unspecified atom stereocenters. The number of benzene rings is 1. The molecule has 0 radical (unpaired) electrons. The molecule has 2 N–H and O–H groups in total. The first-order chi connectivity index (χ1) is 7.15. The van der Waals surface area contributed by atoms with E-state index in [1.807, 2.05) is 26.0 Å². The second-order valence-corrected chi connectivity index (χ2v) is 4.20. The SMILES string of the molecule is Cc1[nH]c2c(C)c(Cl)ccc2c1CCO. The van der Waals surface area contributed by atoms with Gasteiger partial charge < -0.3 is 10.1 Å². The Kier molecular flexibility index (Phi) is 2.72. The number of hydrogen-bond donors (Lipinski definition) is 2. The summed E-state index contributed by atoms with van der Waals surface area (Å²) in [6.07, 6.45) is 0.687. The third kappa shape index (κ3) is 1.64. The lowest BCUT2D eigenvalue weighted by molar-refractivity contribution is 0.300. The van der Waals surface area contributed by atoms with Gasteiger partial charge in [0.1, 0.15) is 0 Å². The van der Waals surface area contributed by atoms with Crippen LogP contribution in [0.2, 0.25) is 5.02 Å². The van der Waals surface area contributed by atoms with Gasteiger partial charge in [0.25, 0.3) is 0 Å². The molecule has 0 fully saturated rings. The average Bonchev–Trinajstić information content (AvgIpc) is 2.52. The summed E-state index contributed by atoms with van der Waals surface area (Å²) in [5.41, 5.74) is 4.46. The number of hydrogen-bond acceptors (Lipinski definition) is 1. The highest BCUT2D eigenvalue weighted by Gasteiger charge is 2.10. The monoisotopic (exact) mass is 223 g/mol. The van der Waals surface area contributed by atoms with Crippen molar-refractivity contribution in [2.24, 2.45) is 0 Å². The molecule has 1 aromatic carbocycles. The van der Waals surface area contributed by atoms with Crippen LogP contribution in [0.25, 0.3) is 10.9 Å². The molecule has 0 aliphatic carbocycles. The molecule has 2 rings (SSSR count). The van der Waals surface area contributed by atoms with Gasteiger partial charge in [-0.1, -0.05) is 17.7 Å². The minimum Gasteiger partial charge on any atom is -0.396 e. The largest absolute Gasteiger partial charge is 0.396 e. The van der Waals surface area contributed by atoms with E-state index >= 15 is 0 Å². The highest BCUT2D eigenvalue weighted by Crippen LogP contribution is 2.29. The fourth-order valence-electron chi connectivity index (χ4n) is 2.00. The van der Waals surface area contributed by atoms with Crippen LogP contribution in [0.3, 0.4) is 0 Å². The Morgan fingerprint density at radius 1 is 1.33 bits per heavy atom. The van der Waals surface area contributed by atoms with E-state index in [0.717, 1.165) is 21.8 Å². The first-order valence-electron chi connectivity index (χ1n) is 5.02. The number of nitrogens with one attached hydrogen (secondary N) is 1. The van der Waals surface area contributed by atoms with Gasteiger partial charge >= 0.3 is 0 Å². The van der Waals surface area contributed by atoms with Crippen molar-refractivity contribution in [3.8, 4) is 0 Å². The molecular weight excluding hydrogens is 210 g/mol. The number of aromatic nitrogens is 1. The summed E-state index contributed by atoms with van der Waals surface area (Å²) in [4.78, 5) is 3.33. The Bertz CT molecular complexity index is 502. The zero-order valence-corrected chi connectivity index (χ0v) is 9.65. The molecule has 0 saturated heterocycles.